The van der Waals surface area contributed by atoms with Gasteiger partial charge in [-0.2, -0.15) is 0 Å². The topological polar surface area (TPSA) is 0 Å². The first-order valence-corrected chi connectivity index (χ1v) is 11.4. The Hall–Kier alpha value is 0.0838. The van der Waals surface area contributed by atoms with Crippen molar-refractivity contribution in [2.75, 3.05) is 0 Å². The highest BCUT2D eigenvalue weighted by Crippen LogP contribution is 2.38. The van der Waals surface area contributed by atoms with E-state index in [9.17, 15) is 0 Å². The molecule has 0 bridgehead atoms. The molecule has 1 heterocycles. The van der Waals surface area contributed by atoms with Gasteiger partial charge in [0, 0.05) is 0 Å². The van der Waals surface area contributed by atoms with E-state index >= 15 is 0 Å². The fourth-order valence-corrected chi connectivity index (χ4v) is 15.2. The van der Waals surface area contributed by atoms with Crippen LogP contribution in [0.5, 0.6) is 0 Å². The Morgan fingerprint density at radius 1 is 1.00 bits per heavy atom. The van der Waals surface area contributed by atoms with Crippen molar-refractivity contribution in [2.45, 2.75) is 51.6 Å². The molecule has 1 aliphatic heterocycles. The molecule has 1 saturated heterocycles. The molecular formula is C10H21Si2+. The van der Waals surface area contributed by atoms with Gasteiger partial charge in [0.25, 0.3) is 0 Å². The van der Waals surface area contributed by atoms with E-state index in [1.54, 1.807) is 4.82 Å². The maximum atomic E-state index is 3.52. The minimum atomic E-state index is -0.988. The van der Waals surface area contributed by atoms with Crippen LogP contribution >= 0.6 is 0 Å². The molecule has 2 heteroatoms. The molecule has 0 aromatic carbocycles. The highest BCUT2D eigenvalue weighted by Gasteiger charge is 2.47. The predicted octanol–water partition coefficient (Wildman–Crippen LogP) is 3.63. The van der Waals surface area contributed by atoms with Crippen LogP contribution < -0.4 is 0 Å². The van der Waals surface area contributed by atoms with Crippen molar-refractivity contribution >= 4 is 16.1 Å². The van der Waals surface area contributed by atoms with Gasteiger partial charge < -0.3 is 0 Å². The van der Waals surface area contributed by atoms with E-state index in [-0.39, 0.29) is 0 Å². The molecule has 0 aromatic heterocycles. The van der Waals surface area contributed by atoms with Crippen molar-refractivity contribution in [1.29, 1.82) is 0 Å². The second kappa shape index (κ2) is 3.09. The normalized spacial score (nSPS) is 26.6. The van der Waals surface area contributed by atoms with Gasteiger partial charge in [0.15, 0.2) is 6.92 Å². The van der Waals surface area contributed by atoms with E-state index in [0.717, 1.165) is 0 Å². The van der Waals surface area contributed by atoms with Crippen LogP contribution in [0.1, 0.15) is 13.3 Å². The molecule has 68 valence electrons. The second-order valence-corrected chi connectivity index (χ2v) is 15.3. The second-order valence-electron chi connectivity index (χ2n) is 5.25. The smallest absolute Gasteiger partial charge is 0.0619 e. The Morgan fingerprint density at radius 3 is 1.67 bits per heavy atom. The van der Waals surface area contributed by atoms with E-state index in [1.807, 2.05) is 0 Å². The van der Waals surface area contributed by atoms with Gasteiger partial charge in [-0.05, 0) is 0 Å². The first-order chi connectivity index (χ1) is 5.40. The lowest BCUT2D eigenvalue weighted by molar-refractivity contribution is 0.995. The van der Waals surface area contributed by atoms with Crippen molar-refractivity contribution in [1.82, 2.24) is 0 Å². The van der Waals surface area contributed by atoms with Gasteiger partial charge in [0.1, 0.15) is 21.0 Å². The van der Waals surface area contributed by atoms with Gasteiger partial charge in [-0.15, -0.1) is 0 Å². The minimum absolute atomic E-state index is 0.988. The third kappa shape index (κ3) is 1.71. The number of rotatable bonds is 0. The van der Waals surface area contributed by atoms with Crippen LogP contribution in [0.25, 0.3) is 0 Å². The van der Waals surface area contributed by atoms with Crippen molar-refractivity contribution in [3.63, 3.8) is 0 Å². The van der Waals surface area contributed by atoms with E-state index in [0.29, 0.717) is 0 Å². The SMILES string of the molecule is C[C+]=C1[Si](C)(C)CCC[Si]1(C)C. The maximum absolute atomic E-state index is 3.52. The summed E-state index contributed by atoms with van der Waals surface area (Å²) in [6, 6.07) is 3.00. The van der Waals surface area contributed by atoms with Gasteiger partial charge in [0.05, 0.1) is 0 Å². The number of allylic oxidation sites excluding steroid dienone is 1. The predicted molar refractivity (Wildman–Crippen MR) is 61.6 cm³/mol. The molecule has 0 atom stereocenters. The Morgan fingerprint density at radius 2 is 1.42 bits per heavy atom. The molecule has 0 nitrogen and oxygen atoms in total. The van der Waals surface area contributed by atoms with Gasteiger partial charge in [-0.1, -0.05) is 44.7 Å². The van der Waals surface area contributed by atoms with Crippen LogP contribution in [0.2, 0.25) is 38.3 Å². The van der Waals surface area contributed by atoms with Crippen LogP contribution in [0.4, 0.5) is 0 Å². The molecule has 0 spiro atoms. The van der Waals surface area contributed by atoms with Crippen molar-refractivity contribution in [3.8, 4) is 0 Å². The molecule has 1 aliphatic rings. The summed E-state index contributed by atoms with van der Waals surface area (Å²) in [5.74, 6) is 0. The average molecular weight is 197 g/mol. The first-order valence-electron chi connectivity index (χ1n) is 4.96. The lowest BCUT2D eigenvalue weighted by atomic mass is 10.6. The Bertz CT molecular complexity index is 184. The van der Waals surface area contributed by atoms with E-state index in [4.69, 9.17) is 0 Å². The summed E-state index contributed by atoms with van der Waals surface area (Å²) in [5.41, 5.74) is 0. The third-order valence-electron chi connectivity index (χ3n) is 3.21. The zero-order valence-electron chi connectivity index (χ0n) is 9.12. The Kier molecular flexibility index (Phi) is 2.62. The average Bonchev–Trinajstić information content (AvgIpc) is 1.83. The van der Waals surface area contributed by atoms with Gasteiger partial charge in [-0.25, -0.2) is 0 Å². The van der Waals surface area contributed by atoms with Crippen LogP contribution in [-0.2, 0) is 0 Å². The third-order valence-corrected chi connectivity index (χ3v) is 13.7. The van der Waals surface area contributed by atoms with Gasteiger partial charge in [0.2, 0.25) is 6.08 Å². The molecule has 0 amide bonds. The highest BCUT2D eigenvalue weighted by atomic mass is 28.4. The number of hydrogen-bond acceptors (Lipinski definition) is 0. The quantitative estimate of drug-likeness (QED) is 0.411. The van der Waals surface area contributed by atoms with Crippen molar-refractivity contribution in [3.05, 3.63) is 10.9 Å². The van der Waals surface area contributed by atoms with Crippen LogP contribution in [0.15, 0.2) is 4.82 Å². The summed E-state index contributed by atoms with van der Waals surface area (Å²) < 4.78 is 0. The fraction of sp³-hybridized carbons (Fsp3) is 0.800. The summed E-state index contributed by atoms with van der Waals surface area (Å²) in [7, 11) is -1.98. The Labute approximate surface area is 79.1 Å². The van der Waals surface area contributed by atoms with Gasteiger partial charge >= 0.3 is 0 Å². The van der Waals surface area contributed by atoms with E-state index in [1.165, 1.54) is 18.5 Å². The molecule has 1 fully saturated rings. The molecule has 12 heavy (non-hydrogen) atoms. The lowest BCUT2D eigenvalue weighted by Gasteiger charge is -2.34. The van der Waals surface area contributed by atoms with E-state index in [2.05, 4.69) is 39.2 Å². The molecule has 0 unspecified atom stereocenters. The standard InChI is InChI=1S/C10H21Si2/c1-6-10-11(2,3)8-7-9-12(10,4)5/h7-9H2,1-5H3/q+1. The van der Waals surface area contributed by atoms with Crippen molar-refractivity contribution < 1.29 is 0 Å². The zero-order valence-corrected chi connectivity index (χ0v) is 11.1. The summed E-state index contributed by atoms with van der Waals surface area (Å²) in [6.45, 7) is 12.2. The Balaban J connectivity index is 2.98. The molecule has 0 saturated carbocycles. The monoisotopic (exact) mass is 197 g/mol. The largest absolute Gasteiger partial charge is 0.206 e. The molecule has 0 aromatic rings. The molecule has 0 radical (unpaired) electrons. The summed E-state index contributed by atoms with van der Waals surface area (Å²) in [5, 5.41) is 0. The first kappa shape index (κ1) is 10.2. The zero-order chi connectivity index (χ0) is 9.41. The van der Waals surface area contributed by atoms with Crippen molar-refractivity contribution in [2.24, 2.45) is 0 Å². The summed E-state index contributed by atoms with van der Waals surface area (Å²) in [4.78, 5) is 1.81. The molecule has 1 rings (SSSR count). The number of hydrogen-bond donors (Lipinski definition) is 0. The lowest BCUT2D eigenvalue weighted by Crippen LogP contribution is -2.47. The summed E-state index contributed by atoms with van der Waals surface area (Å²) in [6.07, 6.45) is 5.01. The molecule has 0 N–H and O–H groups in total. The van der Waals surface area contributed by atoms with Gasteiger partial charge in [-0.3, -0.25) is 0 Å². The fourth-order valence-electron chi connectivity index (χ4n) is 2.82. The summed E-state index contributed by atoms with van der Waals surface area (Å²) >= 11 is 0. The van der Waals surface area contributed by atoms with E-state index < -0.39 is 16.1 Å². The van der Waals surface area contributed by atoms with Crippen LogP contribution in [0, 0.1) is 6.08 Å². The maximum Gasteiger partial charge on any atom is 0.206 e. The minimum Gasteiger partial charge on any atom is -0.0619 e. The highest BCUT2D eigenvalue weighted by molar-refractivity contribution is 7.06. The van der Waals surface area contributed by atoms with Crippen LogP contribution in [0.3, 0.4) is 0 Å². The molecule has 0 aliphatic carbocycles. The van der Waals surface area contributed by atoms with Crippen LogP contribution in [-0.4, -0.2) is 16.1 Å². The molecular weight excluding hydrogens is 176 g/mol.